The average molecular weight is 338 g/mol. The zero-order valence-electron chi connectivity index (χ0n) is 12.5. The van der Waals surface area contributed by atoms with Crippen LogP contribution in [-0.4, -0.2) is 16.9 Å². The van der Waals surface area contributed by atoms with Gasteiger partial charge in [0.25, 0.3) is 0 Å². The molecule has 23 heavy (non-hydrogen) atoms. The van der Waals surface area contributed by atoms with E-state index in [0.717, 1.165) is 6.07 Å². The van der Waals surface area contributed by atoms with Crippen LogP contribution in [0.1, 0.15) is 0 Å². The Morgan fingerprint density at radius 1 is 0.696 bits per heavy atom. The normalized spacial score (nSPS) is 10.9. The predicted molar refractivity (Wildman–Crippen MR) is 81.6 cm³/mol. The van der Waals surface area contributed by atoms with Crippen LogP contribution in [-0.2, 0) is 0 Å². The van der Waals surface area contributed by atoms with Crippen molar-refractivity contribution in [1.82, 2.24) is 9.97 Å². The van der Waals surface area contributed by atoms with E-state index in [-0.39, 0.29) is 62.9 Å². The van der Waals surface area contributed by atoms with Gasteiger partial charge >= 0.3 is 58.4 Å². The van der Waals surface area contributed by atoms with Gasteiger partial charge in [0.1, 0.15) is 0 Å². The Morgan fingerprint density at radius 3 is 1.74 bits per heavy atom. The molecule has 1 aromatic heterocycles. The van der Waals surface area contributed by atoms with Crippen molar-refractivity contribution in [3.8, 4) is 22.6 Å². The second kappa shape index (κ2) is 7.72. The molecule has 0 amide bonds. The van der Waals surface area contributed by atoms with E-state index in [0.29, 0.717) is 11.1 Å². The largest absolute Gasteiger partial charge is 1.00 e. The maximum absolute atomic E-state index is 13.2. The molecule has 3 aromatic rings. The van der Waals surface area contributed by atoms with E-state index in [2.05, 4.69) is 9.97 Å². The first-order valence-corrected chi connectivity index (χ1v) is 6.74. The topological polar surface area (TPSA) is 25.8 Å². The van der Waals surface area contributed by atoms with Crippen LogP contribution in [0.2, 0.25) is 0 Å². The Bertz CT molecular complexity index is 723. The van der Waals surface area contributed by atoms with Gasteiger partial charge in [0.15, 0.2) is 5.82 Å². The summed E-state index contributed by atoms with van der Waals surface area (Å²) in [5.41, 5.74) is 0.571. The molecule has 2 aromatic carbocycles. The van der Waals surface area contributed by atoms with Gasteiger partial charge in [-0.25, -0.2) is 4.98 Å². The van der Waals surface area contributed by atoms with Gasteiger partial charge in [-0.05, 0) is 11.7 Å². The van der Waals surface area contributed by atoms with Crippen LogP contribution in [0, 0.1) is 0 Å². The van der Waals surface area contributed by atoms with Gasteiger partial charge < -0.3 is 12.9 Å². The Hall–Kier alpha value is -0.989. The molecule has 2 nitrogen and oxygen atoms in total. The minimum absolute atomic E-state index is 0. The average Bonchev–Trinajstić information content (AvgIpc) is 2.55. The Labute approximate surface area is 174 Å². The van der Waals surface area contributed by atoms with Gasteiger partial charge in [-0.3, -0.25) is 4.98 Å². The van der Waals surface area contributed by atoms with Gasteiger partial charge in [-0.15, -0.1) is 0 Å². The van der Waals surface area contributed by atoms with Crippen molar-refractivity contribution in [3.63, 3.8) is 0 Å². The maximum atomic E-state index is 13.2. The SMILES string of the molecule is F[B-](F)(F)c1cc(-c2ccccc2)nc(-c2ccccc2)n1.[K+]. The molecule has 3 rings (SSSR count). The van der Waals surface area contributed by atoms with Crippen LogP contribution in [0.4, 0.5) is 12.9 Å². The van der Waals surface area contributed by atoms with Crippen molar-refractivity contribution in [3.05, 3.63) is 66.7 Å². The zero-order chi connectivity index (χ0) is 15.6. The molecule has 0 spiro atoms. The maximum Gasteiger partial charge on any atom is 1.00 e. The molecular formula is C16H11BF3KN2. The van der Waals surface area contributed by atoms with Gasteiger partial charge in [-0.1, -0.05) is 60.7 Å². The molecule has 0 aliphatic heterocycles. The first-order valence-electron chi connectivity index (χ1n) is 6.74. The van der Waals surface area contributed by atoms with Crippen molar-refractivity contribution in [2.45, 2.75) is 0 Å². The fourth-order valence-electron chi connectivity index (χ4n) is 2.11. The van der Waals surface area contributed by atoms with Gasteiger partial charge in [0, 0.05) is 11.1 Å². The third kappa shape index (κ3) is 4.52. The fourth-order valence-corrected chi connectivity index (χ4v) is 2.11. The Morgan fingerprint density at radius 2 is 1.22 bits per heavy atom. The third-order valence-corrected chi connectivity index (χ3v) is 3.18. The summed E-state index contributed by atoms with van der Waals surface area (Å²) in [5.74, 6) is 0.0798. The van der Waals surface area contributed by atoms with E-state index >= 15 is 0 Å². The van der Waals surface area contributed by atoms with E-state index in [1.807, 2.05) is 0 Å². The van der Waals surface area contributed by atoms with Crippen LogP contribution in [0.15, 0.2) is 66.7 Å². The van der Waals surface area contributed by atoms with Gasteiger partial charge in [0.2, 0.25) is 0 Å². The van der Waals surface area contributed by atoms with E-state index in [4.69, 9.17) is 0 Å². The molecule has 0 unspecified atom stereocenters. The number of hydrogen-bond donors (Lipinski definition) is 0. The van der Waals surface area contributed by atoms with Crippen LogP contribution in [0.5, 0.6) is 0 Å². The van der Waals surface area contributed by atoms with Crippen LogP contribution >= 0.6 is 0 Å². The minimum atomic E-state index is -5.19. The number of nitrogens with zero attached hydrogens (tertiary/aromatic N) is 2. The predicted octanol–water partition coefficient (Wildman–Crippen LogP) is 0.869. The van der Waals surface area contributed by atoms with Crippen molar-refractivity contribution in [2.24, 2.45) is 0 Å². The number of aromatic nitrogens is 2. The molecular weight excluding hydrogens is 327 g/mol. The molecule has 0 saturated heterocycles. The molecule has 7 heteroatoms. The van der Waals surface area contributed by atoms with Crippen molar-refractivity contribution < 1.29 is 64.3 Å². The molecule has 0 bridgehead atoms. The van der Waals surface area contributed by atoms with E-state index in [1.54, 1.807) is 60.7 Å². The first-order chi connectivity index (χ1) is 10.5. The smallest absolute Gasteiger partial charge is 0.444 e. The number of hydrogen-bond acceptors (Lipinski definition) is 2. The molecule has 0 fully saturated rings. The van der Waals surface area contributed by atoms with E-state index in [1.165, 1.54) is 0 Å². The second-order valence-corrected chi connectivity index (χ2v) is 4.81. The molecule has 0 N–H and O–H groups in total. The summed E-state index contributed by atoms with van der Waals surface area (Å²) >= 11 is 0. The van der Waals surface area contributed by atoms with Crippen LogP contribution < -0.4 is 57.0 Å². The summed E-state index contributed by atoms with van der Waals surface area (Å²) in [6.45, 7) is -5.19. The van der Waals surface area contributed by atoms with Crippen LogP contribution in [0.3, 0.4) is 0 Å². The molecule has 110 valence electrons. The van der Waals surface area contributed by atoms with Crippen LogP contribution in [0.25, 0.3) is 22.6 Å². The first kappa shape index (κ1) is 18.4. The molecule has 0 aliphatic carbocycles. The summed E-state index contributed by atoms with van der Waals surface area (Å²) < 4.78 is 39.5. The molecule has 0 atom stereocenters. The van der Waals surface area contributed by atoms with E-state index in [9.17, 15) is 12.9 Å². The Balaban J connectivity index is 0.00000192. The van der Waals surface area contributed by atoms with E-state index < -0.39 is 12.6 Å². The van der Waals surface area contributed by atoms with Gasteiger partial charge in [-0.2, -0.15) is 0 Å². The quantitative estimate of drug-likeness (QED) is 0.663. The summed E-state index contributed by atoms with van der Waals surface area (Å²) in [5, 5.41) is 0. The number of benzene rings is 2. The van der Waals surface area contributed by atoms with Gasteiger partial charge in [0.05, 0.1) is 5.69 Å². The van der Waals surface area contributed by atoms with Crippen molar-refractivity contribution in [1.29, 1.82) is 0 Å². The Kier molecular flexibility index (Phi) is 6.16. The number of halogens is 3. The molecule has 0 aliphatic rings. The standard InChI is InChI=1S/C16H11BF3N2.K/c18-17(19,20)15-11-14(12-7-3-1-4-8-12)21-16(22-15)13-9-5-2-6-10-13;/h1-11H;/q-1;+1. The number of rotatable bonds is 3. The molecule has 0 radical (unpaired) electrons. The molecule has 0 saturated carbocycles. The summed E-state index contributed by atoms with van der Waals surface area (Å²) in [7, 11) is 0. The monoisotopic (exact) mass is 338 g/mol. The third-order valence-electron chi connectivity index (χ3n) is 3.18. The fraction of sp³-hybridized carbons (Fsp3) is 0. The summed E-state index contributed by atoms with van der Waals surface area (Å²) in [6.07, 6.45) is 0. The summed E-state index contributed by atoms with van der Waals surface area (Å²) in [4.78, 5) is 7.98. The van der Waals surface area contributed by atoms with Crippen molar-refractivity contribution >= 4 is 12.6 Å². The van der Waals surface area contributed by atoms with Crippen molar-refractivity contribution in [2.75, 3.05) is 0 Å². The second-order valence-electron chi connectivity index (χ2n) is 4.81. The summed E-state index contributed by atoms with van der Waals surface area (Å²) in [6, 6.07) is 18.4. The zero-order valence-corrected chi connectivity index (χ0v) is 15.6. The molecule has 1 heterocycles. The minimum Gasteiger partial charge on any atom is -0.444 e.